The highest BCUT2D eigenvalue weighted by atomic mass is 32.2. The van der Waals surface area contributed by atoms with Gasteiger partial charge in [-0.1, -0.05) is 42.5 Å². The van der Waals surface area contributed by atoms with Crippen LogP contribution in [0.5, 0.6) is 0 Å². The van der Waals surface area contributed by atoms with Crippen molar-refractivity contribution >= 4 is 33.5 Å². The Morgan fingerprint density at radius 2 is 1.57 bits per heavy atom. The third-order valence-corrected chi connectivity index (χ3v) is 8.56. The first-order valence-corrected chi connectivity index (χ1v) is 16.0. The molecule has 46 heavy (non-hydrogen) atoms. The monoisotopic (exact) mass is 651 g/mol. The van der Waals surface area contributed by atoms with Crippen molar-refractivity contribution in [3.05, 3.63) is 119 Å². The number of rotatable bonds is 13. The largest absolute Gasteiger partial charge is 0.478 e. The van der Waals surface area contributed by atoms with E-state index in [0.29, 0.717) is 5.56 Å². The quantitative estimate of drug-likeness (QED) is 0.171. The number of nitrogens with one attached hydrogen (secondary N) is 2. The van der Waals surface area contributed by atoms with Gasteiger partial charge in [-0.2, -0.15) is 5.10 Å². The van der Waals surface area contributed by atoms with Gasteiger partial charge in [0, 0.05) is 24.4 Å². The molecule has 242 valence electrons. The molecule has 0 aliphatic carbocycles. The minimum Gasteiger partial charge on any atom is -0.478 e. The lowest BCUT2D eigenvalue weighted by Gasteiger charge is -2.25. The van der Waals surface area contributed by atoms with Gasteiger partial charge in [0.25, 0.3) is 11.8 Å². The normalized spacial score (nSPS) is 13.3. The van der Waals surface area contributed by atoms with Crippen LogP contribution in [0.15, 0.2) is 85.2 Å². The number of carboxylic acids is 1. The Balaban J connectivity index is 1.64. The number of halogens is 1. The average Bonchev–Trinajstić information content (AvgIpc) is 3.49. The molecule has 3 atom stereocenters. The van der Waals surface area contributed by atoms with Crippen molar-refractivity contribution in [2.24, 2.45) is 0 Å². The van der Waals surface area contributed by atoms with Gasteiger partial charge in [0.15, 0.2) is 0 Å². The topological polar surface area (TPSA) is 171 Å². The van der Waals surface area contributed by atoms with Crippen LogP contribution in [-0.4, -0.2) is 71.6 Å². The molecule has 1 aromatic heterocycles. The lowest BCUT2D eigenvalue weighted by atomic mass is 10.00. The number of anilines is 1. The Labute approximate surface area is 265 Å². The Bertz CT molecular complexity index is 1810. The van der Waals surface area contributed by atoms with Crippen molar-refractivity contribution in [2.45, 2.75) is 38.1 Å². The summed E-state index contributed by atoms with van der Waals surface area (Å²) in [5, 5.41) is 29.9. The number of aliphatic hydroxyl groups excluding tert-OH is 1. The number of carbonyl (C=O) groups is 3. The van der Waals surface area contributed by atoms with Gasteiger partial charge in [0.2, 0.25) is 10.0 Å². The van der Waals surface area contributed by atoms with Gasteiger partial charge < -0.3 is 20.8 Å². The van der Waals surface area contributed by atoms with Crippen LogP contribution in [0, 0.1) is 5.82 Å². The van der Waals surface area contributed by atoms with Gasteiger partial charge >= 0.3 is 5.97 Å². The molecule has 0 radical (unpaired) electrons. The Morgan fingerprint density at radius 3 is 2.13 bits per heavy atom. The molecule has 0 aliphatic rings. The zero-order chi connectivity index (χ0) is 33.6. The van der Waals surface area contributed by atoms with Crippen molar-refractivity contribution in [1.82, 2.24) is 20.4 Å². The van der Waals surface area contributed by atoms with Crippen LogP contribution >= 0.6 is 0 Å². The summed E-state index contributed by atoms with van der Waals surface area (Å²) in [6, 6.07) is 17.1. The van der Waals surface area contributed by atoms with Crippen molar-refractivity contribution in [3.63, 3.8) is 0 Å². The van der Waals surface area contributed by atoms with Gasteiger partial charge in [0.05, 0.1) is 48.4 Å². The van der Waals surface area contributed by atoms with Crippen LogP contribution in [0.2, 0.25) is 0 Å². The highest BCUT2D eigenvalue weighted by Crippen LogP contribution is 2.23. The SMILES string of the molecule is C[C@@H](NC(=O)c1cc(C(=O)N[C@@H](Cc2ccccc2)[C@@H](O)Cn2cc(C(=O)O)cn2)cc(N(C)S(C)(=O)=O)c1)c1ccc(F)cc1. The Kier molecular flexibility index (Phi) is 10.5. The summed E-state index contributed by atoms with van der Waals surface area (Å²) in [7, 11) is -2.50. The van der Waals surface area contributed by atoms with Crippen LogP contribution in [0.25, 0.3) is 0 Å². The lowest BCUT2D eigenvalue weighted by molar-refractivity contribution is 0.0695. The maximum atomic E-state index is 13.7. The van der Waals surface area contributed by atoms with Crippen LogP contribution in [0.4, 0.5) is 10.1 Å². The number of sulfonamides is 1. The first-order chi connectivity index (χ1) is 21.7. The summed E-state index contributed by atoms with van der Waals surface area (Å²) in [5.41, 5.74) is 1.34. The predicted octanol–water partition coefficient (Wildman–Crippen LogP) is 3.01. The number of hydrogen-bond acceptors (Lipinski definition) is 7. The number of hydrogen-bond donors (Lipinski definition) is 4. The Morgan fingerprint density at radius 1 is 0.957 bits per heavy atom. The number of benzene rings is 3. The maximum absolute atomic E-state index is 13.7. The van der Waals surface area contributed by atoms with Crippen LogP contribution in [0.3, 0.4) is 0 Å². The van der Waals surface area contributed by atoms with Gasteiger partial charge in [-0.25, -0.2) is 17.6 Å². The number of nitrogens with zero attached hydrogens (tertiary/aromatic N) is 3. The van der Waals surface area contributed by atoms with E-state index in [9.17, 15) is 37.4 Å². The third kappa shape index (κ3) is 8.76. The average molecular weight is 652 g/mol. The molecule has 1 heterocycles. The third-order valence-electron chi connectivity index (χ3n) is 7.35. The molecule has 4 N–H and O–H groups in total. The van der Waals surface area contributed by atoms with E-state index in [1.54, 1.807) is 19.1 Å². The second-order valence-corrected chi connectivity index (χ2v) is 12.9. The van der Waals surface area contributed by atoms with E-state index in [4.69, 9.17) is 0 Å². The molecule has 3 aromatic carbocycles. The second-order valence-electron chi connectivity index (χ2n) is 10.8. The molecule has 0 saturated heterocycles. The van der Waals surface area contributed by atoms with E-state index in [0.717, 1.165) is 22.3 Å². The Hall–Kier alpha value is -5.08. The summed E-state index contributed by atoms with van der Waals surface area (Å²) < 4.78 is 40.4. The second kappa shape index (κ2) is 14.3. The fraction of sp³-hybridized carbons (Fsp3) is 0.250. The number of carbonyl (C=O) groups excluding carboxylic acids is 2. The summed E-state index contributed by atoms with van der Waals surface area (Å²) in [5.74, 6) is -2.92. The van der Waals surface area contributed by atoms with Crippen LogP contribution < -0.4 is 14.9 Å². The minimum atomic E-state index is -3.78. The molecule has 0 bridgehead atoms. The molecule has 2 amide bonds. The van der Waals surface area contributed by atoms with Crippen LogP contribution in [0.1, 0.15) is 55.2 Å². The van der Waals surface area contributed by atoms with Crippen molar-refractivity contribution in [3.8, 4) is 0 Å². The lowest BCUT2D eigenvalue weighted by Crippen LogP contribution is -2.46. The van der Waals surface area contributed by atoms with E-state index in [-0.39, 0.29) is 35.3 Å². The first kappa shape index (κ1) is 33.8. The summed E-state index contributed by atoms with van der Waals surface area (Å²) >= 11 is 0. The number of aliphatic hydroxyl groups is 1. The highest BCUT2D eigenvalue weighted by molar-refractivity contribution is 7.92. The first-order valence-electron chi connectivity index (χ1n) is 14.1. The fourth-order valence-corrected chi connectivity index (χ4v) is 5.15. The minimum absolute atomic E-state index is 0.00925. The molecule has 14 heteroatoms. The number of aromatic nitrogens is 2. The van der Waals surface area contributed by atoms with E-state index in [1.165, 1.54) is 60.4 Å². The molecule has 0 spiro atoms. The van der Waals surface area contributed by atoms with Gasteiger partial charge in [-0.3, -0.25) is 18.6 Å². The van der Waals surface area contributed by atoms with Crippen molar-refractivity contribution in [1.29, 1.82) is 0 Å². The van der Waals surface area contributed by atoms with Gasteiger partial charge in [0.1, 0.15) is 5.82 Å². The van der Waals surface area contributed by atoms with E-state index >= 15 is 0 Å². The molecule has 4 aromatic rings. The van der Waals surface area contributed by atoms with E-state index in [1.807, 2.05) is 18.2 Å². The standard InChI is InChI=1S/C32H34FN5O7S/c1-20(22-9-11-26(33)12-10-22)35-30(40)23-14-24(16-27(15-23)37(2)46(3,44)45)31(41)36-28(13-21-7-5-4-6-8-21)29(39)19-38-18-25(17-34-38)32(42)43/h4-12,14-18,20,28-29,39H,13,19H2,1-3H3,(H,35,40)(H,36,41)(H,42,43)/t20-,28+,29+/m1/s1. The molecule has 0 saturated carbocycles. The van der Waals surface area contributed by atoms with Gasteiger partial charge in [-0.05, 0) is 54.8 Å². The summed E-state index contributed by atoms with van der Waals surface area (Å²) in [6.07, 6.45) is 2.34. The zero-order valence-electron chi connectivity index (χ0n) is 25.3. The van der Waals surface area contributed by atoms with Crippen molar-refractivity contribution in [2.75, 3.05) is 17.6 Å². The number of aromatic carboxylic acids is 1. The fourth-order valence-electron chi connectivity index (χ4n) is 4.66. The van der Waals surface area contributed by atoms with Gasteiger partial charge in [-0.15, -0.1) is 0 Å². The van der Waals surface area contributed by atoms with Crippen LogP contribution in [-0.2, 0) is 23.0 Å². The predicted molar refractivity (Wildman–Crippen MR) is 169 cm³/mol. The smallest absolute Gasteiger partial charge is 0.338 e. The van der Waals surface area contributed by atoms with Crippen molar-refractivity contribution < 1.29 is 37.4 Å². The molecule has 0 fully saturated rings. The summed E-state index contributed by atoms with van der Waals surface area (Å²) in [4.78, 5) is 38.3. The molecule has 4 rings (SSSR count). The number of amides is 2. The highest BCUT2D eigenvalue weighted by Gasteiger charge is 2.26. The molecule has 0 unspecified atom stereocenters. The maximum Gasteiger partial charge on any atom is 0.338 e. The molecule has 12 nitrogen and oxygen atoms in total. The molecule has 0 aliphatic heterocycles. The molecular weight excluding hydrogens is 617 g/mol. The zero-order valence-corrected chi connectivity index (χ0v) is 26.1. The number of carboxylic acid groups (broad SMARTS) is 1. The molecular formula is C32H34FN5O7S. The summed E-state index contributed by atoms with van der Waals surface area (Å²) in [6.45, 7) is 1.55. The van der Waals surface area contributed by atoms with E-state index in [2.05, 4.69) is 15.7 Å². The van der Waals surface area contributed by atoms with E-state index < -0.39 is 51.8 Å².